The van der Waals surface area contributed by atoms with E-state index in [9.17, 15) is 4.79 Å². The van der Waals surface area contributed by atoms with Crippen LogP contribution in [0.15, 0.2) is 16.7 Å². The van der Waals surface area contributed by atoms with Crippen LogP contribution in [0.2, 0.25) is 0 Å². The fraction of sp³-hybridized carbons (Fsp3) is 0.600. The van der Waals surface area contributed by atoms with E-state index in [1.165, 1.54) is 0 Å². The lowest BCUT2D eigenvalue weighted by atomic mass is 10.0. The van der Waals surface area contributed by atoms with Crippen molar-refractivity contribution in [3.63, 3.8) is 0 Å². The number of hydrogen-bond acceptors (Lipinski definition) is 4. The molecule has 2 heterocycles. The van der Waals surface area contributed by atoms with Crippen LogP contribution in [-0.2, 0) is 6.42 Å². The normalized spacial score (nSPS) is 17.0. The standard InChI is InChI=1S/C15H23N3O2S/c1-4-12-11(5-10-20-12)13(19)17-6-8-18(9-7-17)15(2,3)14(16)21/h5,10H,4,6-9H2,1-3H3,(H2,16,21). The topological polar surface area (TPSA) is 62.7 Å². The molecule has 0 radical (unpaired) electrons. The zero-order chi connectivity index (χ0) is 15.6. The van der Waals surface area contributed by atoms with Gasteiger partial charge in [-0.3, -0.25) is 9.69 Å². The molecule has 21 heavy (non-hydrogen) atoms. The minimum atomic E-state index is -0.311. The summed E-state index contributed by atoms with van der Waals surface area (Å²) in [5, 5.41) is 0. The zero-order valence-corrected chi connectivity index (χ0v) is 13.7. The molecule has 0 spiro atoms. The van der Waals surface area contributed by atoms with E-state index in [1.54, 1.807) is 12.3 Å². The molecule has 6 heteroatoms. The number of furan rings is 1. The summed E-state index contributed by atoms with van der Waals surface area (Å²) in [6.45, 7) is 8.94. The summed E-state index contributed by atoms with van der Waals surface area (Å²) in [5.74, 6) is 0.805. The average Bonchev–Trinajstić information content (AvgIpc) is 2.94. The van der Waals surface area contributed by atoms with Crippen molar-refractivity contribution in [2.24, 2.45) is 5.73 Å². The van der Waals surface area contributed by atoms with Crippen molar-refractivity contribution >= 4 is 23.1 Å². The van der Waals surface area contributed by atoms with E-state index in [1.807, 2.05) is 25.7 Å². The van der Waals surface area contributed by atoms with E-state index in [0.717, 1.165) is 25.3 Å². The summed E-state index contributed by atoms with van der Waals surface area (Å²) in [4.78, 5) is 17.1. The second-order valence-corrected chi connectivity index (χ2v) is 6.25. The number of hydrogen-bond donors (Lipinski definition) is 1. The molecule has 0 atom stereocenters. The second kappa shape index (κ2) is 6.15. The van der Waals surface area contributed by atoms with Crippen LogP contribution in [0.4, 0.5) is 0 Å². The van der Waals surface area contributed by atoms with Crippen LogP contribution in [0.3, 0.4) is 0 Å². The van der Waals surface area contributed by atoms with Crippen molar-refractivity contribution in [2.45, 2.75) is 32.7 Å². The van der Waals surface area contributed by atoms with Gasteiger partial charge in [0.2, 0.25) is 0 Å². The maximum Gasteiger partial charge on any atom is 0.257 e. The number of nitrogens with two attached hydrogens (primary N) is 1. The van der Waals surface area contributed by atoms with Crippen molar-refractivity contribution < 1.29 is 9.21 Å². The van der Waals surface area contributed by atoms with Crippen molar-refractivity contribution in [1.82, 2.24) is 9.80 Å². The first-order valence-corrected chi connectivity index (χ1v) is 7.69. The van der Waals surface area contributed by atoms with Gasteiger partial charge in [-0.05, 0) is 19.9 Å². The van der Waals surface area contributed by atoms with Crippen molar-refractivity contribution in [1.29, 1.82) is 0 Å². The summed E-state index contributed by atoms with van der Waals surface area (Å²) >= 11 is 5.13. The lowest BCUT2D eigenvalue weighted by Gasteiger charge is -2.43. The van der Waals surface area contributed by atoms with Gasteiger partial charge in [-0.15, -0.1) is 0 Å². The van der Waals surface area contributed by atoms with Crippen LogP contribution >= 0.6 is 12.2 Å². The van der Waals surface area contributed by atoms with Gasteiger partial charge in [0.25, 0.3) is 5.91 Å². The number of nitrogens with zero attached hydrogens (tertiary/aromatic N) is 2. The summed E-state index contributed by atoms with van der Waals surface area (Å²) in [7, 11) is 0. The van der Waals surface area contributed by atoms with Gasteiger partial charge in [-0.1, -0.05) is 19.1 Å². The van der Waals surface area contributed by atoms with E-state index in [0.29, 0.717) is 23.6 Å². The quantitative estimate of drug-likeness (QED) is 0.857. The van der Waals surface area contributed by atoms with Gasteiger partial charge < -0.3 is 15.1 Å². The van der Waals surface area contributed by atoms with Crippen LogP contribution in [0.5, 0.6) is 0 Å². The number of piperazine rings is 1. The summed E-state index contributed by atoms with van der Waals surface area (Å²) in [6, 6.07) is 1.76. The monoisotopic (exact) mass is 309 g/mol. The highest BCUT2D eigenvalue weighted by Crippen LogP contribution is 2.20. The molecule has 1 aliphatic heterocycles. The minimum absolute atomic E-state index is 0.0494. The molecule has 1 aliphatic rings. The van der Waals surface area contributed by atoms with Crippen LogP contribution in [0.1, 0.15) is 36.9 Å². The van der Waals surface area contributed by atoms with Gasteiger partial charge in [-0.2, -0.15) is 0 Å². The van der Waals surface area contributed by atoms with E-state index < -0.39 is 0 Å². The van der Waals surface area contributed by atoms with Gasteiger partial charge in [0, 0.05) is 32.6 Å². The molecule has 5 nitrogen and oxygen atoms in total. The largest absolute Gasteiger partial charge is 0.469 e. The van der Waals surface area contributed by atoms with Gasteiger partial charge in [0.05, 0.1) is 22.4 Å². The Morgan fingerprint density at radius 1 is 1.38 bits per heavy atom. The highest BCUT2D eigenvalue weighted by Gasteiger charge is 2.34. The van der Waals surface area contributed by atoms with E-state index in [4.69, 9.17) is 22.4 Å². The van der Waals surface area contributed by atoms with Gasteiger partial charge in [0.15, 0.2) is 0 Å². The molecule has 0 bridgehead atoms. The Labute approximate surface area is 131 Å². The van der Waals surface area contributed by atoms with E-state index in [2.05, 4.69) is 4.90 Å². The first-order chi connectivity index (χ1) is 9.87. The number of carbonyl (C=O) groups excluding carboxylic acids is 1. The maximum absolute atomic E-state index is 12.5. The van der Waals surface area contributed by atoms with E-state index in [-0.39, 0.29) is 11.4 Å². The predicted octanol–water partition coefficient (Wildman–Crippen LogP) is 1.66. The summed E-state index contributed by atoms with van der Waals surface area (Å²) < 4.78 is 5.34. The van der Waals surface area contributed by atoms with Crippen LogP contribution < -0.4 is 5.73 Å². The molecule has 116 valence electrons. The SMILES string of the molecule is CCc1occc1C(=O)N1CCN(C(C)(C)C(N)=S)CC1. The first kappa shape index (κ1) is 16.0. The smallest absolute Gasteiger partial charge is 0.257 e. The molecule has 0 saturated carbocycles. The van der Waals surface area contributed by atoms with Crippen molar-refractivity contribution in [3.8, 4) is 0 Å². The number of thiocarbonyl (C=S) groups is 1. The predicted molar refractivity (Wildman–Crippen MR) is 86.4 cm³/mol. The molecule has 1 fully saturated rings. The van der Waals surface area contributed by atoms with Crippen LogP contribution in [0.25, 0.3) is 0 Å². The molecule has 1 saturated heterocycles. The number of rotatable bonds is 4. The van der Waals surface area contributed by atoms with E-state index >= 15 is 0 Å². The summed E-state index contributed by atoms with van der Waals surface area (Å²) in [5.41, 5.74) is 6.18. The Bertz CT molecular complexity index is 531. The highest BCUT2D eigenvalue weighted by molar-refractivity contribution is 7.80. The second-order valence-electron chi connectivity index (χ2n) is 5.81. The van der Waals surface area contributed by atoms with Crippen molar-refractivity contribution in [2.75, 3.05) is 26.2 Å². The molecule has 1 amide bonds. The molecular weight excluding hydrogens is 286 g/mol. The Morgan fingerprint density at radius 2 is 2.00 bits per heavy atom. The zero-order valence-electron chi connectivity index (χ0n) is 12.9. The van der Waals surface area contributed by atoms with Crippen LogP contribution in [0, 0.1) is 0 Å². The molecular formula is C15H23N3O2S. The lowest BCUT2D eigenvalue weighted by molar-refractivity contribution is 0.0537. The van der Waals surface area contributed by atoms with Crippen molar-refractivity contribution in [3.05, 3.63) is 23.7 Å². The fourth-order valence-corrected chi connectivity index (χ4v) is 2.73. The fourth-order valence-electron chi connectivity index (χ4n) is 2.60. The Balaban J connectivity index is 2.01. The molecule has 1 aromatic rings. The highest BCUT2D eigenvalue weighted by atomic mass is 32.1. The number of carbonyl (C=O) groups is 1. The molecule has 0 aromatic carbocycles. The first-order valence-electron chi connectivity index (χ1n) is 7.28. The third-order valence-corrected chi connectivity index (χ3v) is 4.76. The molecule has 2 rings (SSSR count). The van der Waals surface area contributed by atoms with Gasteiger partial charge >= 0.3 is 0 Å². The Hall–Kier alpha value is -1.40. The average molecular weight is 309 g/mol. The molecule has 0 unspecified atom stereocenters. The lowest BCUT2D eigenvalue weighted by Crippen LogP contribution is -2.59. The van der Waals surface area contributed by atoms with Gasteiger partial charge in [0.1, 0.15) is 5.76 Å². The Kier molecular flexibility index (Phi) is 4.68. The summed E-state index contributed by atoms with van der Waals surface area (Å²) in [6.07, 6.45) is 2.31. The molecule has 2 N–H and O–H groups in total. The Morgan fingerprint density at radius 3 is 2.52 bits per heavy atom. The number of amides is 1. The maximum atomic E-state index is 12.5. The molecule has 1 aromatic heterocycles. The minimum Gasteiger partial charge on any atom is -0.469 e. The van der Waals surface area contributed by atoms with Crippen LogP contribution in [-0.4, -0.2) is 52.4 Å². The number of aryl methyl sites for hydroxylation is 1. The van der Waals surface area contributed by atoms with Gasteiger partial charge in [-0.25, -0.2) is 0 Å². The third kappa shape index (κ3) is 3.11. The third-order valence-electron chi connectivity index (χ3n) is 4.26. The molecule has 0 aliphatic carbocycles.